The van der Waals surface area contributed by atoms with Crippen molar-refractivity contribution in [3.05, 3.63) is 114 Å². The van der Waals surface area contributed by atoms with E-state index >= 15 is 0 Å². The zero-order valence-electron chi connectivity index (χ0n) is 20.8. The van der Waals surface area contributed by atoms with Gasteiger partial charge in [-0.25, -0.2) is 8.42 Å². The molecule has 0 saturated heterocycles. The van der Waals surface area contributed by atoms with Gasteiger partial charge in [-0.15, -0.1) is 0 Å². The zero-order valence-corrected chi connectivity index (χ0v) is 21.7. The van der Waals surface area contributed by atoms with Gasteiger partial charge in [-0.05, 0) is 73.7 Å². The molecule has 0 saturated carbocycles. The molecule has 4 aromatic carbocycles. The first kappa shape index (κ1) is 25.9. The van der Waals surface area contributed by atoms with Gasteiger partial charge in [-0.3, -0.25) is 4.79 Å². The van der Waals surface area contributed by atoms with Gasteiger partial charge in [0.25, 0.3) is 5.91 Å². The molecule has 4 rings (SSSR count). The second kappa shape index (κ2) is 11.3. The molecular formula is C29H28N2O5S. The Kier molecular flexibility index (Phi) is 7.91. The number of methoxy groups -OCH3 is 1. The maximum atomic E-state index is 13.0. The Morgan fingerprint density at radius 2 is 1.51 bits per heavy atom. The van der Waals surface area contributed by atoms with Crippen LogP contribution in [-0.4, -0.2) is 32.8 Å². The van der Waals surface area contributed by atoms with Gasteiger partial charge >= 0.3 is 0 Å². The smallest absolute Gasteiger partial charge is 0.255 e. The standard InChI is InChI=1S/C29H28N2O5S/c1-21-9-16-27(17-10-21)37(33,34)31(2)20-23-19-22(11-18-28(23)35-3)29(32)30-24-12-14-26(15-13-24)36-25-7-5-4-6-8-25/h4-19H,20H2,1-3H3,(H,30,32). The molecule has 0 unspecified atom stereocenters. The highest BCUT2D eigenvalue weighted by atomic mass is 32.2. The number of hydrogen-bond acceptors (Lipinski definition) is 5. The molecule has 0 bridgehead atoms. The van der Waals surface area contributed by atoms with Crippen molar-refractivity contribution >= 4 is 21.6 Å². The summed E-state index contributed by atoms with van der Waals surface area (Å²) in [5, 5.41) is 2.86. The van der Waals surface area contributed by atoms with Gasteiger partial charge in [0.15, 0.2) is 0 Å². The van der Waals surface area contributed by atoms with Crippen LogP contribution in [0.1, 0.15) is 21.5 Å². The highest BCUT2D eigenvalue weighted by Gasteiger charge is 2.22. The lowest BCUT2D eigenvalue weighted by atomic mass is 10.1. The van der Waals surface area contributed by atoms with Crippen LogP contribution in [0.3, 0.4) is 0 Å². The summed E-state index contributed by atoms with van der Waals surface area (Å²) in [6, 6.07) is 28.1. The molecule has 190 valence electrons. The molecule has 0 aliphatic heterocycles. The first-order chi connectivity index (χ1) is 17.8. The van der Waals surface area contributed by atoms with Gasteiger partial charge in [-0.1, -0.05) is 35.9 Å². The van der Waals surface area contributed by atoms with E-state index in [0.717, 1.165) is 11.3 Å². The number of anilines is 1. The van der Waals surface area contributed by atoms with Gasteiger partial charge in [-0.2, -0.15) is 4.31 Å². The molecule has 4 aromatic rings. The van der Waals surface area contributed by atoms with Gasteiger partial charge in [0.05, 0.1) is 12.0 Å². The van der Waals surface area contributed by atoms with E-state index in [-0.39, 0.29) is 17.3 Å². The molecule has 8 heteroatoms. The number of sulfonamides is 1. The fourth-order valence-electron chi connectivity index (χ4n) is 3.69. The van der Waals surface area contributed by atoms with Crippen molar-refractivity contribution in [2.24, 2.45) is 0 Å². The van der Waals surface area contributed by atoms with Crippen molar-refractivity contribution < 1.29 is 22.7 Å². The molecule has 0 spiro atoms. The van der Waals surface area contributed by atoms with Crippen LogP contribution in [0.5, 0.6) is 17.2 Å². The quantitative estimate of drug-likeness (QED) is 0.301. The van der Waals surface area contributed by atoms with E-state index in [0.29, 0.717) is 28.3 Å². The monoisotopic (exact) mass is 516 g/mol. The fraction of sp³-hybridized carbons (Fsp3) is 0.138. The number of carbonyl (C=O) groups excluding carboxylic acids is 1. The minimum Gasteiger partial charge on any atom is -0.496 e. The Labute approximate surface area is 217 Å². The molecule has 1 amide bonds. The topological polar surface area (TPSA) is 84.9 Å². The summed E-state index contributed by atoms with van der Waals surface area (Å²) < 4.78 is 38.5. The van der Waals surface area contributed by atoms with E-state index in [4.69, 9.17) is 9.47 Å². The number of aryl methyl sites for hydroxylation is 1. The van der Waals surface area contributed by atoms with E-state index in [9.17, 15) is 13.2 Å². The molecule has 0 aliphatic carbocycles. The highest BCUT2D eigenvalue weighted by Crippen LogP contribution is 2.26. The number of hydrogen-bond donors (Lipinski definition) is 1. The largest absolute Gasteiger partial charge is 0.496 e. The lowest BCUT2D eigenvalue weighted by Crippen LogP contribution is -2.27. The number of para-hydroxylation sites is 1. The van der Waals surface area contributed by atoms with E-state index < -0.39 is 10.0 Å². The summed E-state index contributed by atoms with van der Waals surface area (Å²) in [6.45, 7) is 1.93. The maximum absolute atomic E-state index is 13.0. The summed E-state index contributed by atoms with van der Waals surface area (Å²) in [4.78, 5) is 13.2. The van der Waals surface area contributed by atoms with Crippen LogP contribution in [0, 0.1) is 6.92 Å². The van der Waals surface area contributed by atoms with E-state index in [2.05, 4.69) is 5.32 Å². The summed E-state index contributed by atoms with van der Waals surface area (Å²) in [7, 11) is -0.715. The third-order valence-electron chi connectivity index (χ3n) is 5.76. The average Bonchev–Trinajstić information content (AvgIpc) is 2.90. The molecule has 0 fully saturated rings. The predicted molar refractivity (Wildman–Crippen MR) is 144 cm³/mol. The van der Waals surface area contributed by atoms with Gasteiger partial charge in [0, 0.05) is 30.4 Å². The predicted octanol–water partition coefficient (Wildman–Crippen LogP) is 5.87. The van der Waals surface area contributed by atoms with Crippen LogP contribution >= 0.6 is 0 Å². The molecule has 0 aliphatic rings. The van der Waals surface area contributed by atoms with Crippen molar-refractivity contribution in [2.75, 3.05) is 19.5 Å². The lowest BCUT2D eigenvalue weighted by Gasteiger charge is -2.19. The molecule has 0 aromatic heterocycles. The van der Waals surface area contributed by atoms with Crippen molar-refractivity contribution in [2.45, 2.75) is 18.4 Å². The van der Waals surface area contributed by atoms with Crippen LogP contribution in [0.25, 0.3) is 0 Å². The molecule has 0 atom stereocenters. The molecular weight excluding hydrogens is 488 g/mol. The minimum atomic E-state index is -3.72. The Bertz CT molecular complexity index is 1470. The van der Waals surface area contributed by atoms with Crippen molar-refractivity contribution in [1.29, 1.82) is 0 Å². The molecule has 0 heterocycles. The normalized spacial score (nSPS) is 11.2. The van der Waals surface area contributed by atoms with Crippen molar-refractivity contribution in [3.8, 4) is 17.2 Å². The average molecular weight is 517 g/mol. The number of benzene rings is 4. The first-order valence-electron chi connectivity index (χ1n) is 11.6. The SMILES string of the molecule is COc1ccc(C(=O)Nc2ccc(Oc3ccccc3)cc2)cc1CN(C)S(=O)(=O)c1ccc(C)cc1. The third-order valence-corrected chi connectivity index (χ3v) is 7.57. The minimum absolute atomic E-state index is 0.0338. The molecule has 7 nitrogen and oxygen atoms in total. The van der Waals surface area contributed by atoms with Crippen LogP contribution in [-0.2, 0) is 16.6 Å². The number of amides is 1. The van der Waals surface area contributed by atoms with Gasteiger partial charge in [0.1, 0.15) is 17.2 Å². The molecule has 1 N–H and O–H groups in total. The highest BCUT2D eigenvalue weighted by molar-refractivity contribution is 7.89. The summed E-state index contributed by atoms with van der Waals surface area (Å²) in [5.41, 5.74) is 2.52. The summed E-state index contributed by atoms with van der Waals surface area (Å²) in [6.07, 6.45) is 0. The van der Waals surface area contributed by atoms with Crippen LogP contribution in [0.2, 0.25) is 0 Å². The first-order valence-corrected chi connectivity index (χ1v) is 13.0. The van der Waals surface area contributed by atoms with Crippen LogP contribution < -0.4 is 14.8 Å². The zero-order chi connectivity index (χ0) is 26.4. The number of ether oxygens (including phenoxy) is 2. The Morgan fingerprint density at radius 3 is 2.16 bits per heavy atom. The Hall–Kier alpha value is -4.14. The van der Waals surface area contributed by atoms with Gasteiger partial charge in [0.2, 0.25) is 10.0 Å². The third kappa shape index (κ3) is 6.35. The second-order valence-corrected chi connectivity index (χ2v) is 10.5. The van der Waals surface area contributed by atoms with Crippen LogP contribution in [0.15, 0.2) is 102 Å². The van der Waals surface area contributed by atoms with Gasteiger partial charge < -0.3 is 14.8 Å². The maximum Gasteiger partial charge on any atom is 0.255 e. The molecule has 37 heavy (non-hydrogen) atoms. The van der Waals surface area contributed by atoms with Crippen LogP contribution in [0.4, 0.5) is 5.69 Å². The lowest BCUT2D eigenvalue weighted by molar-refractivity contribution is 0.102. The number of nitrogens with zero attached hydrogens (tertiary/aromatic N) is 1. The number of carbonyl (C=O) groups is 1. The number of nitrogens with one attached hydrogen (secondary N) is 1. The Morgan fingerprint density at radius 1 is 0.865 bits per heavy atom. The van der Waals surface area contributed by atoms with E-state index in [1.165, 1.54) is 18.5 Å². The molecule has 0 radical (unpaired) electrons. The van der Waals surface area contributed by atoms with Crippen molar-refractivity contribution in [3.63, 3.8) is 0 Å². The fourth-order valence-corrected chi connectivity index (χ4v) is 4.84. The van der Waals surface area contributed by atoms with E-state index in [1.807, 2.05) is 37.3 Å². The second-order valence-electron chi connectivity index (χ2n) is 8.49. The van der Waals surface area contributed by atoms with E-state index in [1.54, 1.807) is 66.7 Å². The summed E-state index contributed by atoms with van der Waals surface area (Å²) >= 11 is 0. The number of rotatable bonds is 9. The summed E-state index contributed by atoms with van der Waals surface area (Å²) in [5.74, 6) is 1.53. The van der Waals surface area contributed by atoms with Crippen molar-refractivity contribution in [1.82, 2.24) is 4.31 Å². The Balaban J connectivity index is 1.47.